The molecule has 0 aliphatic heterocycles. The van der Waals surface area contributed by atoms with Gasteiger partial charge in [0.1, 0.15) is 0 Å². The lowest BCUT2D eigenvalue weighted by Gasteiger charge is -2.19. The zero-order chi connectivity index (χ0) is 10.8. The van der Waals surface area contributed by atoms with Crippen molar-refractivity contribution in [2.45, 2.75) is 33.1 Å². The lowest BCUT2D eigenvalue weighted by molar-refractivity contribution is -0.148. The molecule has 0 aromatic carbocycles. The van der Waals surface area contributed by atoms with E-state index in [0.717, 1.165) is 30.0 Å². The number of hydrogen-bond acceptors (Lipinski definition) is 4. The van der Waals surface area contributed by atoms with Crippen LogP contribution in [0.1, 0.15) is 28.9 Å². The van der Waals surface area contributed by atoms with E-state index in [1.807, 2.05) is 13.8 Å². The fourth-order valence-corrected chi connectivity index (χ4v) is 2.95. The molecule has 82 valence electrons. The second-order valence-corrected chi connectivity index (χ2v) is 5.08. The van der Waals surface area contributed by atoms with Crippen LogP contribution in [0.15, 0.2) is 0 Å². The molecule has 0 saturated carbocycles. The largest absolute Gasteiger partial charge is 0.466 e. The van der Waals surface area contributed by atoms with Crippen LogP contribution < -0.4 is 0 Å². The van der Waals surface area contributed by atoms with Gasteiger partial charge in [-0.3, -0.25) is 4.79 Å². The quantitative estimate of drug-likeness (QED) is 0.724. The summed E-state index contributed by atoms with van der Waals surface area (Å²) in [5.41, 5.74) is 1.11. The molecule has 0 N–H and O–H groups in total. The molecule has 0 spiro atoms. The molecule has 0 radical (unpaired) electrons. The number of aromatic nitrogens is 1. The zero-order valence-corrected chi connectivity index (χ0v) is 9.89. The van der Waals surface area contributed by atoms with Crippen molar-refractivity contribution in [2.75, 3.05) is 6.61 Å². The summed E-state index contributed by atoms with van der Waals surface area (Å²) in [4.78, 5) is 17.4. The Morgan fingerprint density at radius 1 is 1.67 bits per heavy atom. The maximum absolute atomic E-state index is 11.6. The fourth-order valence-electron chi connectivity index (χ4n) is 1.97. The first-order valence-electron chi connectivity index (χ1n) is 5.32. The average Bonchev–Trinajstić information content (AvgIpc) is 2.57. The second kappa shape index (κ2) is 4.31. The van der Waals surface area contributed by atoms with Gasteiger partial charge in [-0.1, -0.05) is 0 Å². The van der Waals surface area contributed by atoms with Gasteiger partial charge in [0.15, 0.2) is 0 Å². The first kappa shape index (κ1) is 10.6. The molecular weight excluding hydrogens is 210 g/mol. The van der Waals surface area contributed by atoms with E-state index in [1.54, 1.807) is 11.3 Å². The van der Waals surface area contributed by atoms with Crippen molar-refractivity contribution < 1.29 is 9.53 Å². The smallest absolute Gasteiger partial charge is 0.309 e. The Kier molecular flexibility index (Phi) is 3.05. The van der Waals surface area contributed by atoms with Crippen LogP contribution in [0.5, 0.6) is 0 Å². The van der Waals surface area contributed by atoms with Crippen LogP contribution in [0, 0.1) is 12.8 Å². The minimum Gasteiger partial charge on any atom is -0.466 e. The maximum Gasteiger partial charge on any atom is 0.309 e. The Bertz CT molecular complexity index is 373. The summed E-state index contributed by atoms with van der Waals surface area (Å²) in [6, 6.07) is 0. The maximum atomic E-state index is 11.6. The number of esters is 1. The van der Waals surface area contributed by atoms with Gasteiger partial charge in [0.25, 0.3) is 0 Å². The first-order chi connectivity index (χ1) is 7.20. The zero-order valence-electron chi connectivity index (χ0n) is 9.08. The van der Waals surface area contributed by atoms with Gasteiger partial charge < -0.3 is 4.74 Å². The highest BCUT2D eigenvalue weighted by molar-refractivity contribution is 7.11. The van der Waals surface area contributed by atoms with E-state index >= 15 is 0 Å². The van der Waals surface area contributed by atoms with Crippen molar-refractivity contribution in [2.24, 2.45) is 5.92 Å². The van der Waals surface area contributed by atoms with Crippen LogP contribution in [-0.4, -0.2) is 17.6 Å². The Labute approximate surface area is 93.5 Å². The summed E-state index contributed by atoms with van der Waals surface area (Å²) in [5.74, 6) is -0.0345. The highest BCUT2D eigenvalue weighted by Crippen LogP contribution is 2.30. The van der Waals surface area contributed by atoms with Gasteiger partial charge in [-0.2, -0.15) is 0 Å². The standard InChI is InChI=1S/C11H15NO2S/c1-3-14-11(13)8-4-5-10-9(6-8)12-7(2)15-10/h8H,3-6H2,1-2H3. The summed E-state index contributed by atoms with van der Waals surface area (Å²) in [6.45, 7) is 4.33. The van der Waals surface area contributed by atoms with E-state index in [9.17, 15) is 4.79 Å². The van der Waals surface area contributed by atoms with Gasteiger partial charge in [0.05, 0.1) is 23.2 Å². The molecule has 3 nitrogen and oxygen atoms in total. The molecule has 15 heavy (non-hydrogen) atoms. The second-order valence-electron chi connectivity index (χ2n) is 3.79. The lowest BCUT2D eigenvalue weighted by Crippen LogP contribution is -2.24. The van der Waals surface area contributed by atoms with Crippen LogP contribution in [-0.2, 0) is 22.4 Å². The molecule has 0 fully saturated rings. The van der Waals surface area contributed by atoms with Gasteiger partial charge >= 0.3 is 5.97 Å². The summed E-state index contributed by atoms with van der Waals surface area (Å²) < 4.78 is 5.04. The number of ether oxygens (including phenoxy) is 1. The van der Waals surface area contributed by atoms with E-state index in [1.165, 1.54) is 4.88 Å². The molecule has 4 heteroatoms. The number of carbonyl (C=O) groups excluding carboxylic acids is 1. The molecule has 1 aliphatic carbocycles. The molecule has 1 heterocycles. The Morgan fingerprint density at radius 3 is 3.20 bits per heavy atom. The monoisotopic (exact) mass is 225 g/mol. The lowest BCUT2D eigenvalue weighted by atomic mass is 9.91. The third-order valence-electron chi connectivity index (χ3n) is 2.66. The molecule has 1 aromatic heterocycles. The van der Waals surface area contributed by atoms with Crippen LogP contribution in [0.2, 0.25) is 0 Å². The third kappa shape index (κ3) is 2.20. The number of rotatable bonds is 2. The highest BCUT2D eigenvalue weighted by Gasteiger charge is 2.27. The summed E-state index contributed by atoms with van der Waals surface area (Å²) in [5, 5.41) is 1.10. The molecule has 2 rings (SSSR count). The molecule has 0 bridgehead atoms. The predicted octanol–water partition coefficient (Wildman–Crippen LogP) is 2.12. The third-order valence-corrected chi connectivity index (χ3v) is 3.74. The Morgan fingerprint density at radius 2 is 2.47 bits per heavy atom. The number of hydrogen-bond donors (Lipinski definition) is 0. The number of carbonyl (C=O) groups is 1. The van der Waals surface area contributed by atoms with E-state index in [0.29, 0.717) is 6.61 Å². The van der Waals surface area contributed by atoms with Crippen molar-refractivity contribution in [3.63, 3.8) is 0 Å². The van der Waals surface area contributed by atoms with Crippen molar-refractivity contribution in [1.29, 1.82) is 0 Å². The van der Waals surface area contributed by atoms with Crippen LogP contribution >= 0.6 is 11.3 Å². The minimum atomic E-state index is -0.0613. The SMILES string of the molecule is CCOC(=O)C1CCc2sc(C)nc2C1. The van der Waals surface area contributed by atoms with Gasteiger partial charge in [0.2, 0.25) is 0 Å². The fraction of sp³-hybridized carbons (Fsp3) is 0.636. The Balaban J connectivity index is 2.08. The molecule has 1 aliphatic rings. The van der Waals surface area contributed by atoms with E-state index in [4.69, 9.17) is 4.74 Å². The summed E-state index contributed by atoms with van der Waals surface area (Å²) in [6.07, 6.45) is 2.65. The molecular formula is C11H15NO2S. The molecule has 1 aromatic rings. The van der Waals surface area contributed by atoms with Gasteiger partial charge in [-0.25, -0.2) is 4.98 Å². The number of aryl methyl sites for hydroxylation is 2. The number of nitrogens with zero attached hydrogens (tertiary/aromatic N) is 1. The molecule has 0 amide bonds. The van der Waals surface area contributed by atoms with E-state index < -0.39 is 0 Å². The highest BCUT2D eigenvalue weighted by atomic mass is 32.1. The van der Waals surface area contributed by atoms with Crippen molar-refractivity contribution >= 4 is 17.3 Å². The van der Waals surface area contributed by atoms with Crippen LogP contribution in [0.25, 0.3) is 0 Å². The topological polar surface area (TPSA) is 39.2 Å². The number of thiazole rings is 1. The predicted molar refractivity (Wildman–Crippen MR) is 59.0 cm³/mol. The Hall–Kier alpha value is -0.900. The molecule has 0 saturated heterocycles. The van der Waals surface area contributed by atoms with Crippen LogP contribution in [0.3, 0.4) is 0 Å². The van der Waals surface area contributed by atoms with E-state index in [-0.39, 0.29) is 11.9 Å². The summed E-state index contributed by atoms with van der Waals surface area (Å²) in [7, 11) is 0. The first-order valence-corrected chi connectivity index (χ1v) is 6.14. The van der Waals surface area contributed by atoms with Gasteiger partial charge in [-0.15, -0.1) is 11.3 Å². The number of fused-ring (bicyclic) bond motifs is 1. The minimum absolute atomic E-state index is 0.0268. The average molecular weight is 225 g/mol. The van der Waals surface area contributed by atoms with Gasteiger partial charge in [-0.05, 0) is 26.7 Å². The van der Waals surface area contributed by atoms with Crippen molar-refractivity contribution in [1.82, 2.24) is 4.98 Å². The van der Waals surface area contributed by atoms with Crippen molar-refractivity contribution in [3.05, 3.63) is 15.6 Å². The molecule has 1 unspecified atom stereocenters. The normalized spacial score (nSPS) is 19.7. The molecule has 1 atom stereocenters. The van der Waals surface area contributed by atoms with Crippen molar-refractivity contribution in [3.8, 4) is 0 Å². The van der Waals surface area contributed by atoms with Crippen LogP contribution in [0.4, 0.5) is 0 Å². The van der Waals surface area contributed by atoms with E-state index in [2.05, 4.69) is 4.98 Å². The summed E-state index contributed by atoms with van der Waals surface area (Å²) >= 11 is 1.75. The van der Waals surface area contributed by atoms with Gasteiger partial charge in [0, 0.05) is 11.3 Å².